The Bertz CT molecular complexity index is 758. The molecule has 0 unspecified atom stereocenters. The molecule has 0 aliphatic carbocycles. The van der Waals surface area contributed by atoms with E-state index in [0.717, 1.165) is 22.6 Å². The Labute approximate surface area is 133 Å². The summed E-state index contributed by atoms with van der Waals surface area (Å²) >= 11 is 12.1. The van der Waals surface area contributed by atoms with Gasteiger partial charge in [-0.1, -0.05) is 59.6 Å². The van der Waals surface area contributed by atoms with Crippen LogP contribution >= 0.6 is 23.2 Å². The average molecular weight is 315 g/mol. The van der Waals surface area contributed by atoms with Gasteiger partial charge < -0.3 is 0 Å². The molecule has 1 aromatic heterocycles. The smallest absolute Gasteiger partial charge is 0.133 e. The van der Waals surface area contributed by atoms with Crippen molar-refractivity contribution in [1.82, 2.24) is 9.97 Å². The Morgan fingerprint density at radius 2 is 1.71 bits per heavy atom. The van der Waals surface area contributed by atoms with Gasteiger partial charge in [-0.25, -0.2) is 9.97 Å². The molecule has 0 N–H and O–H groups in total. The number of hydrogen-bond acceptors (Lipinski definition) is 2. The van der Waals surface area contributed by atoms with Gasteiger partial charge in [-0.05, 0) is 23.8 Å². The van der Waals surface area contributed by atoms with Crippen LogP contribution in [0.1, 0.15) is 11.4 Å². The van der Waals surface area contributed by atoms with E-state index in [-0.39, 0.29) is 0 Å². The van der Waals surface area contributed by atoms with Crippen molar-refractivity contribution in [1.29, 1.82) is 0 Å². The summed E-state index contributed by atoms with van der Waals surface area (Å²) in [5.41, 5.74) is 2.94. The van der Waals surface area contributed by atoms with Gasteiger partial charge in [0.05, 0.1) is 5.69 Å². The summed E-state index contributed by atoms with van der Waals surface area (Å²) in [6.45, 7) is 0. The molecule has 1 heterocycles. The van der Waals surface area contributed by atoms with Crippen molar-refractivity contribution in [2.75, 3.05) is 0 Å². The molecule has 2 nitrogen and oxygen atoms in total. The van der Waals surface area contributed by atoms with E-state index in [1.54, 1.807) is 12.3 Å². The molecule has 3 rings (SSSR count). The van der Waals surface area contributed by atoms with Gasteiger partial charge in [0.2, 0.25) is 0 Å². The first-order valence-corrected chi connectivity index (χ1v) is 7.29. The average Bonchev–Trinajstić information content (AvgIpc) is 2.51. The molecule has 0 spiro atoms. The van der Waals surface area contributed by atoms with Crippen molar-refractivity contribution in [3.63, 3.8) is 0 Å². The van der Waals surface area contributed by atoms with Crippen LogP contribution in [0.4, 0.5) is 0 Å². The number of rotatable bonds is 3. The normalized spacial score (nSPS) is 10.6. The zero-order valence-corrected chi connectivity index (χ0v) is 12.6. The fraction of sp³-hybridized carbons (Fsp3) is 0.0588. The molecule has 0 fully saturated rings. The first kappa shape index (κ1) is 14.1. The summed E-state index contributed by atoms with van der Waals surface area (Å²) in [7, 11) is 0. The number of hydrogen-bond donors (Lipinski definition) is 0. The van der Waals surface area contributed by atoms with Crippen LogP contribution in [0.2, 0.25) is 10.0 Å². The van der Waals surface area contributed by atoms with Gasteiger partial charge in [-0.2, -0.15) is 0 Å². The third kappa shape index (κ3) is 3.41. The van der Waals surface area contributed by atoms with Gasteiger partial charge in [0.1, 0.15) is 5.82 Å². The van der Waals surface area contributed by atoms with Crippen molar-refractivity contribution in [2.45, 2.75) is 6.42 Å². The standard InChI is InChI=1S/C17H12Cl2N2/c18-14-7-6-13(15(19)11-14)10-17-20-9-8-16(21-17)12-4-2-1-3-5-12/h1-9,11H,10H2. The first-order chi connectivity index (χ1) is 10.2. The van der Waals surface area contributed by atoms with E-state index in [0.29, 0.717) is 16.5 Å². The maximum Gasteiger partial charge on any atom is 0.133 e. The van der Waals surface area contributed by atoms with Crippen molar-refractivity contribution in [2.24, 2.45) is 0 Å². The van der Waals surface area contributed by atoms with Gasteiger partial charge in [0.25, 0.3) is 0 Å². The highest BCUT2D eigenvalue weighted by molar-refractivity contribution is 6.35. The maximum atomic E-state index is 6.20. The topological polar surface area (TPSA) is 25.8 Å². The quantitative estimate of drug-likeness (QED) is 0.676. The zero-order chi connectivity index (χ0) is 14.7. The molecule has 0 amide bonds. The fourth-order valence-corrected chi connectivity index (χ4v) is 2.56. The van der Waals surface area contributed by atoms with Crippen LogP contribution in [0.15, 0.2) is 60.8 Å². The molecule has 104 valence electrons. The van der Waals surface area contributed by atoms with Crippen LogP contribution in [-0.2, 0) is 6.42 Å². The second kappa shape index (κ2) is 6.25. The van der Waals surface area contributed by atoms with Crippen LogP contribution in [0.3, 0.4) is 0 Å². The third-order valence-corrected chi connectivity index (χ3v) is 3.73. The molecule has 0 atom stereocenters. The minimum atomic E-state index is 0.580. The summed E-state index contributed by atoms with van der Waals surface area (Å²) < 4.78 is 0. The highest BCUT2D eigenvalue weighted by Gasteiger charge is 2.06. The molecule has 21 heavy (non-hydrogen) atoms. The minimum absolute atomic E-state index is 0.580. The summed E-state index contributed by atoms with van der Waals surface area (Å²) in [4.78, 5) is 8.92. The Morgan fingerprint density at radius 1 is 0.905 bits per heavy atom. The van der Waals surface area contributed by atoms with Crippen LogP contribution in [0, 0.1) is 0 Å². The Hall–Kier alpha value is -1.90. The highest BCUT2D eigenvalue weighted by atomic mass is 35.5. The second-order valence-corrected chi connectivity index (χ2v) is 5.48. The van der Waals surface area contributed by atoms with Crippen LogP contribution in [0.25, 0.3) is 11.3 Å². The molecule has 0 bridgehead atoms. The minimum Gasteiger partial charge on any atom is -0.241 e. The molecule has 0 saturated carbocycles. The second-order valence-electron chi connectivity index (χ2n) is 4.64. The van der Waals surface area contributed by atoms with Gasteiger partial charge in [-0.15, -0.1) is 0 Å². The lowest BCUT2D eigenvalue weighted by Crippen LogP contribution is -1.98. The van der Waals surface area contributed by atoms with Crippen molar-refractivity contribution in [3.05, 3.63) is 82.2 Å². The lowest BCUT2D eigenvalue weighted by Gasteiger charge is -2.06. The fourth-order valence-electron chi connectivity index (χ4n) is 2.09. The van der Waals surface area contributed by atoms with Gasteiger partial charge in [0, 0.05) is 28.2 Å². The van der Waals surface area contributed by atoms with Crippen LogP contribution < -0.4 is 0 Å². The number of benzene rings is 2. The highest BCUT2D eigenvalue weighted by Crippen LogP contribution is 2.23. The van der Waals surface area contributed by atoms with E-state index >= 15 is 0 Å². The molecular weight excluding hydrogens is 303 g/mol. The summed E-state index contributed by atoms with van der Waals surface area (Å²) in [6.07, 6.45) is 2.35. The first-order valence-electron chi connectivity index (χ1n) is 6.53. The monoisotopic (exact) mass is 314 g/mol. The zero-order valence-electron chi connectivity index (χ0n) is 11.1. The van der Waals surface area contributed by atoms with Gasteiger partial charge in [0.15, 0.2) is 0 Å². The van der Waals surface area contributed by atoms with E-state index in [1.165, 1.54) is 0 Å². The predicted molar refractivity (Wildman–Crippen MR) is 86.7 cm³/mol. The van der Waals surface area contributed by atoms with E-state index < -0.39 is 0 Å². The Morgan fingerprint density at radius 3 is 2.48 bits per heavy atom. The van der Waals surface area contributed by atoms with Crippen molar-refractivity contribution in [3.8, 4) is 11.3 Å². The molecule has 0 radical (unpaired) electrons. The van der Waals surface area contributed by atoms with Crippen molar-refractivity contribution < 1.29 is 0 Å². The van der Waals surface area contributed by atoms with E-state index in [9.17, 15) is 0 Å². The molecule has 0 aliphatic heterocycles. The predicted octanol–water partition coefficient (Wildman–Crippen LogP) is 5.04. The van der Waals surface area contributed by atoms with Gasteiger partial charge in [-0.3, -0.25) is 0 Å². The number of halogens is 2. The molecule has 0 aliphatic rings. The van der Waals surface area contributed by atoms with E-state index in [4.69, 9.17) is 23.2 Å². The molecule has 4 heteroatoms. The van der Waals surface area contributed by atoms with Crippen LogP contribution in [0.5, 0.6) is 0 Å². The molecule has 3 aromatic rings. The molecular formula is C17H12Cl2N2. The van der Waals surface area contributed by atoms with E-state index in [1.807, 2.05) is 48.5 Å². The van der Waals surface area contributed by atoms with Gasteiger partial charge >= 0.3 is 0 Å². The van der Waals surface area contributed by atoms with Crippen LogP contribution in [-0.4, -0.2) is 9.97 Å². The lowest BCUT2D eigenvalue weighted by atomic mass is 10.1. The lowest BCUT2D eigenvalue weighted by molar-refractivity contribution is 0.972. The van der Waals surface area contributed by atoms with E-state index in [2.05, 4.69) is 9.97 Å². The molecule has 0 saturated heterocycles. The summed E-state index contributed by atoms with van der Waals surface area (Å²) in [6, 6.07) is 17.4. The summed E-state index contributed by atoms with van der Waals surface area (Å²) in [5.74, 6) is 0.737. The number of aromatic nitrogens is 2. The largest absolute Gasteiger partial charge is 0.241 e. The van der Waals surface area contributed by atoms with Crippen molar-refractivity contribution >= 4 is 23.2 Å². The maximum absolute atomic E-state index is 6.20. The Balaban J connectivity index is 1.90. The number of nitrogens with zero attached hydrogens (tertiary/aromatic N) is 2. The third-order valence-electron chi connectivity index (χ3n) is 3.14. The summed E-state index contributed by atoms with van der Waals surface area (Å²) in [5, 5.41) is 1.26. The Kier molecular flexibility index (Phi) is 4.18. The molecule has 2 aromatic carbocycles. The SMILES string of the molecule is Clc1ccc(Cc2nccc(-c3ccccc3)n2)c(Cl)c1.